The smallest absolute Gasteiger partial charge is 0.251 e. The van der Waals surface area contributed by atoms with Crippen molar-refractivity contribution >= 4 is 15.9 Å². The third-order valence-corrected chi connectivity index (χ3v) is 7.33. The second-order valence-corrected chi connectivity index (χ2v) is 9.70. The van der Waals surface area contributed by atoms with Gasteiger partial charge in [-0.05, 0) is 55.2 Å². The second-order valence-electron chi connectivity index (χ2n) is 8.02. The van der Waals surface area contributed by atoms with Crippen molar-refractivity contribution in [1.29, 1.82) is 0 Å². The number of hydrogen-bond acceptors (Lipinski definition) is 6. The summed E-state index contributed by atoms with van der Waals surface area (Å²) in [5.41, 5.74) is 1.23. The number of rotatable bonds is 10. The summed E-state index contributed by atoms with van der Waals surface area (Å²) in [6.07, 6.45) is 5.35. The van der Waals surface area contributed by atoms with Crippen molar-refractivity contribution < 1.29 is 27.4 Å². The van der Waals surface area contributed by atoms with Crippen molar-refractivity contribution in [3.8, 4) is 17.2 Å². The Labute approximate surface area is 195 Å². The first-order valence-corrected chi connectivity index (χ1v) is 12.6. The topological polar surface area (TPSA) is 103 Å². The summed E-state index contributed by atoms with van der Waals surface area (Å²) in [5, 5.41) is 2.84. The van der Waals surface area contributed by atoms with E-state index in [0.29, 0.717) is 24.5 Å². The predicted molar refractivity (Wildman–Crippen MR) is 126 cm³/mol. The van der Waals surface area contributed by atoms with Gasteiger partial charge in [0.15, 0.2) is 11.5 Å². The molecule has 0 aromatic heterocycles. The highest BCUT2D eigenvalue weighted by molar-refractivity contribution is 7.89. The molecule has 9 heteroatoms. The summed E-state index contributed by atoms with van der Waals surface area (Å²) in [6.45, 7) is 0.378. The zero-order valence-corrected chi connectivity index (χ0v) is 20.2. The molecule has 1 saturated carbocycles. The van der Waals surface area contributed by atoms with Crippen LogP contribution < -0.4 is 24.2 Å². The van der Waals surface area contributed by atoms with Gasteiger partial charge in [-0.2, -0.15) is 0 Å². The van der Waals surface area contributed by atoms with Crippen molar-refractivity contribution in [2.24, 2.45) is 0 Å². The molecule has 2 aromatic carbocycles. The molecule has 1 amide bonds. The fourth-order valence-corrected chi connectivity index (χ4v) is 5.49. The zero-order chi connectivity index (χ0) is 23.8. The van der Waals surface area contributed by atoms with Crippen LogP contribution in [-0.2, 0) is 16.4 Å². The molecule has 8 nitrogen and oxygen atoms in total. The Morgan fingerprint density at radius 3 is 2.24 bits per heavy atom. The molecular formula is C24H32N2O6S. The maximum atomic E-state index is 13.0. The number of carbonyl (C=O) groups excluding carboxylic acids is 1. The quantitative estimate of drug-likeness (QED) is 0.546. The van der Waals surface area contributed by atoms with E-state index in [1.807, 2.05) is 18.2 Å². The van der Waals surface area contributed by atoms with Crippen LogP contribution in [0.4, 0.5) is 0 Å². The fraction of sp³-hybridized carbons (Fsp3) is 0.458. The molecule has 0 saturated heterocycles. The third-order valence-electron chi connectivity index (χ3n) is 5.79. The predicted octanol–water partition coefficient (Wildman–Crippen LogP) is 3.30. The number of amides is 1. The molecule has 1 aliphatic rings. The number of hydrogen-bond donors (Lipinski definition) is 2. The van der Waals surface area contributed by atoms with Crippen LogP contribution in [0.3, 0.4) is 0 Å². The Hall–Kier alpha value is -2.78. The summed E-state index contributed by atoms with van der Waals surface area (Å²) >= 11 is 0. The van der Waals surface area contributed by atoms with Gasteiger partial charge in [0.1, 0.15) is 10.6 Å². The molecule has 3 rings (SSSR count). The van der Waals surface area contributed by atoms with Crippen LogP contribution in [-0.4, -0.2) is 48.2 Å². The van der Waals surface area contributed by atoms with E-state index in [0.717, 1.165) is 37.7 Å². The number of sulfonamides is 1. The van der Waals surface area contributed by atoms with Crippen LogP contribution >= 0.6 is 0 Å². The second kappa shape index (κ2) is 11.4. The van der Waals surface area contributed by atoms with Gasteiger partial charge in [0.2, 0.25) is 10.0 Å². The summed E-state index contributed by atoms with van der Waals surface area (Å²) in [5.74, 6) is 1.11. The Kier molecular flexibility index (Phi) is 8.57. The molecule has 0 bridgehead atoms. The summed E-state index contributed by atoms with van der Waals surface area (Å²) < 4.78 is 44.6. The van der Waals surface area contributed by atoms with E-state index in [-0.39, 0.29) is 28.2 Å². The summed E-state index contributed by atoms with van der Waals surface area (Å²) in [4.78, 5) is 12.7. The van der Waals surface area contributed by atoms with Gasteiger partial charge in [0.05, 0.1) is 21.3 Å². The normalized spacial score (nSPS) is 14.5. The molecule has 0 atom stereocenters. The number of nitrogens with one attached hydrogen (secondary N) is 2. The number of methoxy groups -OCH3 is 3. The molecule has 0 heterocycles. The Balaban J connectivity index is 1.68. The lowest BCUT2D eigenvalue weighted by molar-refractivity contribution is 0.0954. The van der Waals surface area contributed by atoms with Gasteiger partial charge in [-0.1, -0.05) is 25.3 Å². The standard InChI is InChI=1S/C24H32N2O6S/c1-30-20-11-9-17(15-22(20)32-3)13-14-25-24(27)18-10-12-21(31-2)23(16-18)33(28,29)26-19-7-5-4-6-8-19/h9-12,15-16,19,26H,4-8,13-14H2,1-3H3,(H,25,27). The van der Waals surface area contributed by atoms with Gasteiger partial charge < -0.3 is 19.5 Å². The lowest BCUT2D eigenvalue weighted by atomic mass is 9.96. The van der Waals surface area contributed by atoms with Crippen molar-refractivity contribution in [1.82, 2.24) is 10.0 Å². The van der Waals surface area contributed by atoms with Crippen molar-refractivity contribution in [2.75, 3.05) is 27.9 Å². The number of ether oxygens (including phenoxy) is 3. The lowest BCUT2D eigenvalue weighted by Crippen LogP contribution is -2.36. The summed E-state index contributed by atoms with van der Waals surface area (Å²) in [7, 11) is 0.744. The van der Waals surface area contributed by atoms with Crippen LogP contribution in [0.2, 0.25) is 0 Å². The van der Waals surface area contributed by atoms with Gasteiger partial charge in [-0.3, -0.25) is 4.79 Å². The SMILES string of the molecule is COc1ccc(CCNC(=O)c2ccc(OC)c(S(=O)(=O)NC3CCCCC3)c2)cc1OC. The average Bonchev–Trinajstić information content (AvgIpc) is 2.83. The Morgan fingerprint density at radius 1 is 0.909 bits per heavy atom. The van der Waals surface area contributed by atoms with Crippen molar-refractivity contribution in [2.45, 2.75) is 49.5 Å². The number of carbonyl (C=O) groups is 1. The van der Waals surface area contributed by atoms with E-state index >= 15 is 0 Å². The molecule has 1 aliphatic carbocycles. The molecule has 1 fully saturated rings. The first-order chi connectivity index (χ1) is 15.9. The molecular weight excluding hydrogens is 444 g/mol. The lowest BCUT2D eigenvalue weighted by Gasteiger charge is -2.23. The van der Waals surface area contributed by atoms with Gasteiger partial charge in [-0.15, -0.1) is 0 Å². The number of benzene rings is 2. The van der Waals surface area contributed by atoms with Gasteiger partial charge in [-0.25, -0.2) is 13.1 Å². The largest absolute Gasteiger partial charge is 0.495 e. The minimum absolute atomic E-state index is 0.0249. The third kappa shape index (κ3) is 6.39. The van der Waals surface area contributed by atoms with Gasteiger partial charge in [0, 0.05) is 18.2 Å². The fourth-order valence-electron chi connectivity index (χ4n) is 3.99. The molecule has 0 unspecified atom stereocenters. The summed E-state index contributed by atoms with van der Waals surface area (Å²) in [6, 6.07) is 9.93. The molecule has 0 radical (unpaired) electrons. The van der Waals surface area contributed by atoms with Crippen molar-refractivity contribution in [3.63, 3.8) is 0 Å². The first kappa shape index (κ1) is 24.9. The molecule has 180 valence electrons. The van der Waals surface area contributed by atoms with E-state index in [1.165, 1.54) is 19.2 Å². The highest BCUT2D eigenvalue weighted by Gasteiger charge is 2.26. The van der Waals surface area contributed by atoms with Gasteiger partial charge >= 0.3 is 0 Å². The monoisotopic (exact) mass is 476 g/mol. The molecule has 33 heavy (non-hydrogen) atoms. The van der Waals surface area contributed by atoms with E-state index in [9.17, 15) is 13.2 Å². The molecule has 0 spiro atoms. The van der Waals surface area contributed by atoms with E-state index < -0.39 is 10.0 Å². The van der Waals surface area contributed by atoms with Gasteiger partial charge in [0.25, 0.3) is 5.91 Å². The van der Waals surface area contributed by atoms with Crippen LogP contribution in [0.1, 0.15) is 48.0 Å². The van der Waals surface area contributed by atoms with Crippen LogP contribution in [0.25, 0.3) is 0 Å². The van der Waals surface area contributed by atoms with E-state index in [4.69, 9.17) is 14.2 Å². The highest BCUT2D eigenvalue weighted by Crippen LogP contribution is 2.28. The highest BCUT2D eigenvalue weighted by atomic mass is 32.2. The maximum Gasteiger partial charge on any atom is 0.251 e. The van der Waals surface area contributed by atoms with E-state index in [2.05, 4.69) is 10.0 Å². The van der Waals surface area contributed by atoms with E-state index in [1.54, 1.807) is 20.3 Å². The minimum Gasteiger partial charge on any atom is -0.495 e. The molecule has 0 aliphatic heterocycles. The van der Waals surface area contributed by atoms with Crippen LogP contribution in [0.15, 0.2) is 41.3 Å². The molecule has 2 aromatic rings. The minimum atomic E-state index is -3.82. The van der Waals surface area contributed by atoms with Crippen LogP contribution in [0, 0.1) is 0 Å². The van der Waals surface area contributed by atoms with Crippen molar-refractivity contribution in [3.05, 3.63) is 47.5 Å². The zero-order valence-electron chi connectivity index (χ0n) is 19.3. The molecule has 2 N–H and O–H groups in total. The maximum absolute atomic E-state index is 13.0. The average molecular weight is 477 g/mol. The van der Waals surface area contributed by atoms with Crippen LogP contribution in [0.5, 0.6) is 17.2 Å². The Bertz CT molecular complexity index is 1060. The first-order valence-electron chi connectivity index (χ1n) is 11.1. The Morgan fingerprint density at radius 2 is 1.58 bits per heavy atom.